The largest absolute Gasteiger partial charge is 0.485 e. The van der Waals surface area contributed by atoms with Gasteiger partial charge in [-0.1, -0.05) is 30.7 Å². The van der Waals surface area contributed by atoms with Crippen LogP contribution in [0.2, 0.25) is 5.02 Å². The Labute approximate surface area is 223 Å². The fourth-order valence-electron chi connectivity index (χ4n) is 4.05. The standard InChI is InChI=1S/C28H27ClF2N4O3/c1-4-10-32-25(35-11-5-6-21(27(35)36)18(3)19-7-8-19)9-12-34-17(2)13-24(26(29)28(34)37)38-16-23-22(31)14-20(30)15-33-23/h4-6,9-15,18-19H,7-8,16H2,1-3H3/b10-4+,12-9+,32-25-. The molecule has 1 saturated carbocycles. The van der Waals surface area contributed by atoms with Crippen molar-refractivity contribution in [3.8, 4) is 5.75 Å². The Bertz CT molecular complexity index is 1550. The molecule has 3 aromatic heterocycles. The number of rotatable bonds is 8. The predicted octanol–water partition coefficient (Wildman–Crippen LogP) is 5.69. The van der Waals surface area contributed by atoms with Crippen LogP contribution in [0, 0.1) is 24.5 Å². The molecular formula is C28H27ClF2N4O3. The van der Waals surface area contributed by atoms with E-state index < -0.39 is 17.2 Å². The minimum Gasteiger partial charge on any atom is -0.485 e. The van der Waals surface area contributed by atoms with Crippen LogP contribution in [0.3, 0.4) is 0 Å². The summed E-state index contributed by atoms with van der Waals surface area (Å²) in [6.07, 6.45) is 11.1. The lowest BCUT2D eigenvalue weighted by Crippen LogP contribution is -2.29. The van der Waals surface area contributed by atoms with Gasteiger partial charge in [0.05, 0.1) is 6.20 Å². The molecule has 0 bridgehead atoms. The van der Waals surface area contributed by atoms with E-state index in [9.17, 15) is 18.4 Å². The molecule has 10 heteroatoms. The van der Waals surface area contributed by atoms with Crippen molar-refractivity contribution in [2.45, 2.75) is 46.1 Å². The molecule has 1 atom stereocenters. The number of allylic oxidation sites excluding steroid dienone is 2. The smallest absolute Gasteiger partial charge is 0.277 e. The normalized spacial score (nSPS) is 14.9. The quantitative estimate of drug-likeness (QED) is 0.272. The van der Waals surface area contributed by atoms with Crippen LogP contribution in [0.5, 0.6) is 5.75 Å². The summed E-state index contributed by atoms with van der Waals surface area (Å²) < 4.78 is 35.2. The first kappa shape index (κ1) is 27.2. The van der Waals surface area contributed by atoms with Gasteiger partial charge in [0.25, 0.3) is 11.1 Å². The lowest BCUT2D eigenvalue weighted by atomic mass is 9.98. The van der Waals surface area contributed by atoms with Gasteiger partial charge in [-0.3, -0.25) is 23.7 Å². The zero-order valence-corrected chi connectivity index (χ0v) is 22.0. The van der Waals surface area contributed by atoms with Crippen LogP contribution in [0.4, 0.5) is 8.78 Å². The van der Waals surface area contributed by atoms with E-state index in [4.69, 9.17) is 16.3 Å². The molecule has 4 rings (SSSR count). The molecule has 0 saturated heterocycles. The minimum atomic E-state index is -0.868. The van der Waals surface area contributed by atoms with Gasteiger partial charge >= 0.3 is 0 Å². The van der Waals surface area contributed by atoms with Crippen molar-refractivity contribution in [1.82, 2.24) is 14.1 Å². The third-order valence-electron chi connectivity index (χ3n) is 6.36. The van der Waals surface area contributed by atoms with Gasteiger partial charge in [-0.25, -0.2) is 13.8 Å². The Morgan fingerprint density at radius 1 is 1.29 bits per heavy atom. The second-order valence-corrected chi connectivity index (χ2v) is 9.44. The van der Waals surface area contributed by atoms with Crippen molar-refractivity contribution >= 4 is 23.6 Å². The number of nitrogens with zero attached hydrogens (tertiary/aromatic N) is 4. The molecule has 0 spiro atoms. The van der Waals surface area contributed by atoms with Gasteiger partial charge < -0.3 is 4.74 Å². The highest BCUT2D eigenvalue weighted by Gasteiger charge is 2.30. The first-order chi connectivity index (χ1) is 18.2. The molecular weight excluding hydrogens is 514 g/mol. The molecule has 3 aromatic rings. The zero-order valence-electron chi connectivity index (χ0n) is 21.2. The van der Waals surface area contributed by atoms with Crippen LogP contribution >= 0.6 is 11.6 Å². The molecule has 1 unspecified atom stereocenters. The van der Waals surface area contributed by atoms with Gasteiger partial charge in [-0.2, -0.15) is 0 Å². The summed E-state index contributed by atoms with van der Waals surface area (Å²) in [5.41, 5.74) is 0.317. The van der Waals surface area contributed by atoms with Gasteiger partial charge in [0.15, 0.2) is 5.82 Å². The van der Waals surface area contributed by atoms with E-state index >= 15 is 0 Å². The molecule has 7 nitrogen and oxygen atoms in total. The molecule has 0 radical (unpaired) electrons. The Balaban J connectivity index is 1.64. The average molecular weight is 541 g/mol. The highest BCUT2D eigenvalue weighted by atomic mass is 35.5. The Morgan fingerprint density at radius 2 is 2.05 bits per heavy atom. The third kappa shape index (κ3) is 5.99. The Kier molecular flexibility index (Phi) is 8.36. The maximum atomic E-state index is 13.9. The second kappa shape index (κ2) is 11.7. The Morgan fingerprint density at radius 3 is 2.74 bits per heavy atom. The lowest BCUT2D eigenvalue weighted by molar-refractivity contribution is 0.292. The molecule has 0 amide bonds. The highest BCUT2D eigenvalue weighted by molar-refractivity contribution is 6.31. The highest BCUT2D eigenvalue weighted by Crippen LogP contribution is 2.41. The summed E-state index contributed by atoms with van der Waals surface area (Å²) in [4.78, 5) is 34.4. The minimum absolute atomic E-state index is 0.0325. The van der Waals surface area contributed by atoms with E-state index in [1.165, 1.54) is 21.4 Å². The summed E-state index contributed by atoms with van der Waals surface area (Å²) in [6, 6.07) is 5.87. The SMILES string of the molecule is C/C=C/N=C(/C=C/n1c(C)cc(OCc2ncc(F)cc2F)c(Cl)c1=O)n1cccc(C(C)C2CC2)c1=O. The number of aromatic nitrogens is 3. The van der Waals surface area contributed by atoms with Crippen LogP contribution in [-0.4, -0.2) is 20.0 Å². The molecule has 1 fully saturated rings. The number of aliphatic imine (C=N–C) groups is 1. The van der Waals surface area contributed by atoms with Crippen molar-refractivity contribution < 1.29 is 13.5 Å². The molecule has 0 aliphatic heterocycles. The number of pyridine rings is 3. The molecule has 0 aromatic carbocycles. The number of aryl methyl sites for hydroxylation is 1. The summed E-state index contributed by atoms with van der Waals surface area (Å²) in [6.45, 7) is 5.19. The first-order valence-electron chi connectivity index (χ1n) is 12.1. The van der Waals surface area contributed by atoms with Crippen LogP contribution in [0.1, 0.15) is 49.6 Å². The molecule has 38 heavy (non-hydrogen) atoms. The molecule has 3 heterocycles. The fraction of sp³-hybridized carbons (Fsp3) is 0.286. The van der Waals surface area contributed by atoms with Crippen LogP contribution in [0.25, 0.3) is 6.20 Å². The summed E-state index contributed by atoms with van der Waals surface area (Å²) in [7, 11) is 0. The average Bonchev–Trinajstić information content (AvgIpc) is 3.73. The van der Waals surface area contributed by atoms with Gasteiger partial charge in [-0.15, -0.1) is 0 Å². The Hall–Kier alpha value is -3.85. The van der Waals surface area contributed by atoms with E-state index in [1.807, 2.05) is 12.1 Å². The van der Waals surface area contributed by atoms with Crippen molar-refractivity contribution in [3.05, 3.63) is 109 Å². The van der Waals surface area contributed by atoms with E-state index in [0.29, 0.717) is 23.5 Å². The maximum Gasteiger partial charge on any atom is 0.277 e. The van der Waals surface area contributed by atoms with E-state index in [0.717, 1.165) is 24.6 Å². The van der Waals surface area contributed by atoms with Crippen LogP contribution in [-0.2, 0) is 6.61 Å². The van der Waals surface area contributed by atoms with Crippen molar-refractivity contribution in [2.24, 2.45) is 10.9 Å². The van der Waals surface area contributed by atoms with Crippen LogP contribution < -0.4 is 15.9 Å². The van der Waals surface area contributed by atoms with Gasteiger partial charge in [-0.05, 0) is 50.7 Å². The van der Waals surface area contributed by atoms with E-state index in [2.05, 4.69) is 16.9 Å². The number of hydrogen-bond acceptors (Lipinski definition) is 5. The lowest BCUT2D eigenvalue weighted by Gasteiger charge is -2.14. The first-order valence-corrected chi connectivity index (χ1v) is 12.5. The fourth-order valence-corrected chi connectivity index (χ4v) is 4.25. The van der Waals surface area contributed by atoms with Gasteiger partial charge in [0.1, 0.15) is 34.7 Å². The summed E-state index contributed by atoms with van der Waals surface area (Å²) in [5, 5.41) is -0.230. The van der Waals surface area contributed by atoms with Crippen molar-refractivity contribution in [2.75, 3.05) is 0 Å². The molecule has 198 valence electrons. The number of ether oxygens (including phenoxy) is 1. The van der Waals surface area contributed by atoms with Crippen molar-refractivity contribution in [3.63, 3.8) is 0 Å². The van der Waals surface area contributed by atoms with Crippen LogP contribution in [0.15, 0.2) is 69.6 Å². The van der Waals surface area contributed by atoms with E-state index in [-0.39, 0.29) is 34.6 Å². The third-order valence-corrected chi connectivity index (χ3v) is 6.71. The van der Waals surface area contributed by atoms with Gasteiger partial charge in [0, 0.05) is 42.0 Å². The van der Waals surface area contributed by atoms with Crippen molar-refractivity contribution in [1.29, 1.82) is 0 Å². The number of halogens is 3. The van der Waals surface area contributed by atoms with E-state index in [1.54, 1.807) is 38.4 Å². The number of hydrogen-bond donors (Lipinski definition) is 0. The monoisotopic (exact) mass is 540 g/mol. The zero-order chi connectivity index (χ0) is 27.4. The summed E-state index contributed by atoms with van der Waals surface area (Å²) >= 11 is 6.27. The summed E-state index contributed by atoms with van der Waals surface area (Å²) in [5.74, 6) is -0.656. The molecule has 1 aliphatic carbocycles. The molecule has 0 N–H and O–H groups in total. The second-order valence-electron chi connectivity index (χ2n) is 9.06. The maximum absolute atomic E-state index is 13.9. The molecule has 1 aliphatic rings. The van der Waals surface area contributed by atoms with Gasteiger partial charge in [0.2, 0.25) is 0 Å². The predicted molar refractivity (Wildman–Crippen MR) is 144 cm³/mol. The topological polar surface area (TPSA) is 78.5 Å².